The molecule has 5 nitrogen and oxygen atoms in total. The molecule has 2 aromatic heterocycles. The van der Waals surface area contributed by atoms with Crippen LogP contribution in [0.4, 0.5) is 0 Å². The number of nitrogens with one attached hydrogen (secondary N) is 1. The number of hydrogen-bond acceptors (Lipinski definition) is 6. The molecule has 0 radical (unpaired) electrons. The third-order valence-electron chi connectivity index (χ3n) is 4.98. The molecular weight excluding hydrogens is 426 g/mol. The smallest absolute Gasteiger partial charge is 0.226 e. The van der Waals surface area contributed by atoms with Gasteiger partial charge in [0.1, 0.15) is 22.4 Å². The molecule has 0 bridgehead atoms. The maximum Gasteiger partial charge on any atom is 0.226 e. The number of benzene rings is 1. The first-order valence-corrected chi connectivity index (χ1v) is 11.7. The molecule has 1 amide bonds. The molecule has 0 saturated heterocycles. The number of amides is 1. The zero-order valence-electron chi connectivity index (χ0n) is 16.1. The van der Waals surface area contributed by atoms with Gasteiger partial charge >= 0.3 is 0 Å². The van der Waals surface area contributed by atoms with E-state index in [-0.39, 0.29) is 17.9 Å². The molecule has 0 atom stereocenters. The third kappa shape index (κ3) is 4.97. The van der Waals surface area contributed by atoms with E-state index in [0.717, 1.165) is 52.8 Å². The quantitative estimate of drug-likeness (QED) is 0.536. The summed E-state index contributed by atoms with van der Waals surface area (Å²) >= 11 is 9.03. The van der Waals surface area contributed by atoms with Crippen molar-refractivity contribution in [1.82, 2.24) is 15.3 Å². The first kappa shape index (κ1) is 20.3. The Morgan fingerprint density at radius 2 is 1.93 bits per heavy atom. The molecule has 2 heterocycles. The molecule has 1 N–H and O–H groups in total. The van der Waals surface area contributed by atoms with Gasteiger partial charge in [0.05, 0.1) is 17.7 Å². The fraction of sp³-hybridized carbons (Fsp3) is 0.381. The normalized spacial score (nSPS) is 15.4. The summed E-state index contributed by atoms with van der Waals surface area (Å²) in [7, 11) is 0. The van der Waals surface area contributed by atoms with E-state index in [4.69, 9.17) is 16.3 Å². The number of thiazole rings is 2. The van der Waals surface area contributed by atoms with E-state index in [9.17, 15) is 4.79 Å². The van der Waals surface area contributed by atoms with Gasteiger partial charge in [-0.2, -0.15) is 0 Å². The lowest BCUT2D eigenvalue weighted by Gasteiger charge is -2.28. The molecule has 29 heavy (non-hydrogen) atoms. The van der Waals surface area contributed by atoms with E-state index < -0.39 is 0 Å². The molecule has 152 valence electrons. The molecule has 1 aromatic carbocycles. The molecule has 1 fully saturated rings. The van der Waals surface area contributed by atoms with Crippen LogP contribution in [0.25, 0.3) is 0 Å². The second kappa shape index (κ2) is 8.81. The van der Waals surface area contributed by atoms with Crippen LogP contribution >= 0.6 is 34.3 Å². The molecule has 4 rings (SSSR count). The summed E-state index contributed by atoms with van der Waals surface area (Å²) < 4.78 is 5.73. The number of carbonyl (C=O) groups is 1. The Morgan fingerprint density at radius 1 is 1.17 bits per heavy atom. The van der Waals surface area contributed by atoms with Crippen molar-refractivity contribution in [3.05, 3.63) is 61.5 Å². The predicted molar refractivity (Wildman–Crippen MR) is 117 cm³/mol. The number of aryl methyl sites for hydroxylation is 1. The van der Waals surface area contributed by atoms with E-state index in [1.807, 2.05) is 24.4 Å². The lowest BCUT2D eigenvalue weighted by molar-refractivity contribution is -0.122. The van der Waals surface area contributed by atoms with Crippen LogP contribution in [-0.4, -0.2) is 15.9 Å². The topological polar surface area (TPSA) is 64.1 Å². The molecule has 1 saturated carbocycles. The van der Waals surface area contributed by atoms with Crippen molar-refractivity contribution in [2.24, 2.45) is 0 Å². The lowest BCUT2D eigenvalue weighted by Crippen LogP contribution is -2.44. The fourth-order valence-corrected chi connectivity index (χ4v) is 5.44. The average molecular weight is 448 g/mol. The van der Waals surface area contributed by atoms with Gasteiger partial charge in [0.15, 0.2) is 0 Å². The van der Waals surface area contributed by atoms with E-state index in [1.165, 1.54) is 11.3 Å². The maximum absolute atomic E-state index is 12.8. The summed E-state index contributed by atoms with van der Waals surface area (Å²) in [6.07, 6.45) is 4.39. The first-order chi connectivity index (χ1) is 14.0. The van der Waals surface area contributed by atoms with Gasteiger partial charge in [-0.25, -0.2) is 9.97 Å². The lowest BCUT2D eigenvalue weighted by atomic mass is 9.98. The summed E-state index contributed by atoms with van der Waals surface area (Å²) in [5, 5.41) is 9.79. The number of hydrogen-bond donors (Lipinski definition) is 1. The number of carbonyl (C=O) groups excluding carboxylic acids is 1. The van der Waals surface area contributed by atoms with Crippen LogP contribution in [0.2, 0.25) is 5.02 Å². The van der Waals surface area contributed by atoms with Crippen LogP contribution in [0, 0.1) is 6.92 Å². The van der Waals surface area contributed by atoms with Crippen molar-refractivity contribution in [3.8, 4) is 5.75 Å². The summed E-state index contributed by atoms with van der Waals surface area (Å²) in [6.45, 7) is 2.36. The second-order valence-corrected chi connectivity index (χ2v) is 9.52. The molecule has 0 aliphatic heterocycles. The summed E-state index contributed by atoms with van der Waals surface area (Å²) in [5.74, 6) is 0.737. The van der Waals surface area contributed by atoms with Crippen molar-refractivity contribution in [1.29, 1.82) is 0 Å². The Balaban J connectivity index is 1.35. The Bertz CT molecular complexity index is 978. The van der Waals surface area contributed by atoms with Crippen molar-refractivity contribution in [2.75, 3.05) is 0 Å². The summed E-state index contributed by atoms with van der Waals surface area (Å²) in [4.78, 5) is 22.0. The minimum absolute atomic E-state index is 0.00442. The van der Waals surface area contributed by atoms with Crippen molar-refractivity contribution < 1.29 is 9.53 Å². The van der Waals surface area contributed by atoms with E-state index in [2.05, 4.69) is 20.7 Å². The Hall–Kier alpha value is -1.96. The monoisotopic (exact) mass is 447 g/mol. The molecule has 1 aliphatic rings. The molecule has 1 aliphatic carbocycles. The third-order valence-corrected chi connectivity index (χ3v) is 7.27. The zero-order chi connectivity index (χ0) is 20.3. The Kier molecular flexibility index (Phi) is 6.18. The molecule has 3 aromatic rings. The minimum Gasteiger partial charge on any atom is -0.486 e. The molecule has 0 spiro atoms. The van der Waals surface area contributed by atoms with Gasteiger partial charge in [0.25, 0.3) is 0 Å². The van der Waals surface area contributed by atoms with Crippen LogP contribution in [-0.2, 0) is 23.4 Å². The van der Waals surface area contributed by atoms with Gasteiger partial charge in [0.2, 0.25) is 5.91 Å². The maximum atomic E-state index is 12.8. The van der Waals surface area contributed by atoms with Gasteiger partial charge < -0.3 is 10.1 Å². The van der Waals surface area contributed by atoms with Gasteiger partial charge in [0, 0.05) is 21.5 Å². The number of nitrogens with zero attached hydrogens (tertiary/aromatic N) is 2. The van der Waals surface area contributed by atoms with Crippen molar-refractivity contribution >= 4 is 40.2 Å². The van der Waals surface area contributed by atoms with E-state index in [1.54, 1.807) is 23.5 Å². The Labute approximate surface area is 183 Å². The number of halogens is 1. The highest BCUT2D eigenvalue weighted by Crippen LogP contribution is 2.40. The van der Waals surface area contributed by atoms with Gasteiger partial charge in [-0.3, -0.25) is 4.79 Å². The average Bonchev–Trinajstić information content (AvgIpc) is 3.43. The minimum atomic E-state index is -0.313. The molecular formula is C21H22ClN3O2S2. The van der Waals surface area contributed by atoms with Crippen LogP contribution in [0.5, 0.6) is 5.75 Å². The Morgan fingerprint density at radius 3 is 2.62 bits per heavy atom. The van der Waals surface area contributed by atoms with Gasteiger partial charge in [-0.1, -0.05) is 24.4 Å². The van der Waals surface area contributed by atoms with Crippen LogP contribution in [0.1, 0.15) is 47.1 Å². The second-order valence-electron chi connectivity index (χ2n) is 7.28. The van der Waals surface area contributed by atoms with E-state index in [0.29, 0.717) is 11.6 Å². The number of rotatable bonds is 7. The highest BCUT2D eigenvalue weighted by Gasteiger charge is 2.39. The van der Waals surface area contributed by atoms with Gasteiger partial charge in [-0.05, 0) is 44.0 Å². The summed E-state index contributed by atoms with van der Waals surface area (Å²) in [6, 6.07) is 7.23. The van der Waals surface area contributed by atoms with Crippen LogP contribution in [0.3, 0.4) is 0 Å². The number of ether oxygens (including phenoxy) is 1. The first-order valence-electron chi connectivity index (χ1n) is 9.58. The zero-order valence-corrected chi connectivity index (χ0v) is 18.5. The molecule has 8 heteroatoms. The standard InChI is InChI=1S/C21H22ClN3O2S2/c1-14-12-29-20(23-14)21(8-2-3-9-21)25-18(26)10-16-13-28-19(24-16)11-27-17-6-4-15(22)5-7-17/h4-7,12-13H,2-3,8-11H2,1H3,(H,25,26). The van der Waals surface area contributed by atoms with Crippen molar-refractivity contribution in [3.63, 3.8) is 0 Å². The SMILES string of the molecule is Cc1csc(C2(NC(=O)Cc3csc(COc4ccc(Cl)cc4)n3)CCCC2)n1. The molecule has 0 unspecified atom stereocenters. The van der Waals surface area contributed by atoms with E-state index >= 15 is 0 Å². The van der Waals surface area contributed by atoms with Crippen LogP contribution in [0.15, 0.2) is 35.0 Å². The number of aromatic nitrogens is 2. The highest BCUT2D eigenvalue weighted by molar-refractivity contribution is 7.10. The highest BCUT2D eigenvalue weighted by atomic mass is 35.5. The van der Waals surface area contributed by atoms with Gasteiger partial charge in [-0.15, -0.1) is 22.7 Å². The van der Waals surface area contributed by atoms with Crippen LogP contribution < -0.4 is 10.1 Å². The van der Waals surface area contributed by atoms with Crippen molar-refractivity contribution in [2.45, 2.75) is 51.2 Å². The largest absolute Gasteiger partial charge is 0.486 e. The summed E-state index contributed by atoms with van der Waals surface area (Å²) in [5.41, 5.74) is 1.47. The predicted octanol–water partition coefficient (Wildman–Crippen LogP) is 5.27. The fourth-order valence-electron chi connectivity index (χ4n) is 3.59.